The number of pyridine rings is 1. The molecule has 0 radical (unpaired) electrons. The number of alkyl halides is 3. The second kappa shape index (κ2) is 10.4. The number of hydrogen-bond acceptors (Lipinski definition) is 6. The highest BCUT2D eigenvalue weighted by molar-refractivity contribution is 6.05. The smallest absolute Gasteiger partial charge is 0.324 e. The first kappa shape index (κ1) is 12.7. The topological polar surface area (TPSA) is 97.6 Å². The number of carbonyl (C=O) groups is 1. The minimum Gasteiger partial charge on any atom is -0.324 e. The molecule has 0 atom stereocenters. The molecular formula is C28H22F3N7O. The van der Waals surface area contributed by atoms with Gasteiger partial charge in [0.05, 0.1) is 37.0 Å². The Labute approximate surface area is 244 Å². The maximum absolute atomic E-state index is 14.3. The summed E-state index contributed by atoms with van der Waals surface area (Å²) in [6, 6.07) is -7.79. The minimum absolute atomic E-state index is 0.236. The predicted octanol–water partition coefficient (Wildman–Crippen LogP) is 6.36. The fraction of sp³-hybridized carbons (Fsp3) is 0.107. The molecule has 11 heteroatoms. The van der Waals surface area contributed by atoms with Crippen molar-refractivity contribution >= 4 is 23.2 Å². The van der Waals surface area contributed by atoms with Crippen LogP contribution in [0.25, 0.3) is 16.9 Å². The number of nitrogens with zero attached hydrogens (tertiary/aromatic N) is 5. The highest BCUT2D eigenvalue weighted by Gasteiger charge is 2.31. The average molecular weight is 546 g/mol. The summed E-state index contributed by atoms with van der Waals surface area (Å²) < 4.78 is 172. The largest absolute Gasteiger partial charge is 0.416 e. The molecule has 0 unspecified atom stereocenters. The van der Waals surface area contributed by atoms with Gasteiger partial charge in [0.2, 0.25) is 5.95 Å². The van der Waals surface area contributed by atoms with Gasteiger partial charge in [-0.3, -0.25) is 9.78 Å². The van der Waals surface area contributed by atoms with Gasteiger partial charge in [0.25, 0.3) is 5.91 Å². The van der Waals surface area contributed by atoms with Crippen molar-refractivity contribution in [3.05, 3.63) is 108 Å². The van der Waals surface area contributed by atoms with Crippen molar-refractivity contribution in [3.63, 3.8) is 0 Å². The Morgan fingerprint density at radius 2 is 2.00 bits per heavy atom. The summed E-state index contributed by atoms with van der Waals surface area (Å²) in [5, 5.41) is 4.22. The lowest BCUT2D eigenvalue weighted by atomic mass is 10.1. The van der Waals surface area contributed by atoms with Crippen molar-refractivity contribution in [2.45, 2.75) is 19.9 Å². The number of amides is 1. The zero-order valence-corrected chi connectivity index (χ0v) is 19.1. The number of halogens is 3. The van der Waals surface area contributed by atoms with Crippen LogP contribution in [0.15, 0.2) is 85.5 Å². The first-order valence-electron chi connectivity index (χ1n) is 18.5. The Bertz CT molecular complexity index is 2400. The van der Waals surface area contributed by atoms with Crippen LogP contribution in [0, 0.1) is 13.7 Å². The molecule has 8 nitrogen and oxygen atoms in total. The van der Waals surface area contributed by atoms with Gasteiger partial charge in [0.1, 0.15) is 0 Å². The van der Waals surface area contributed by atoms with E-state index in [1.807, 2.05) is 5.32 Å². The molecule has 2 aromatic carbocycles. The number of nitrogens with one attached hydrogen (secondary N) is 2. The summed E-state index contributed by atoms with van der Waals surface area (Å²) in [4.78, 5) is 28.9. The standard InChI is InChI=1S/C28H22F3N7O/c1-17-5-6-19(10-25(17)37-27-33-9-7-24(36-27)20-4-3-8-32-14-20)26(39)35-22-11-21(28(29,30)31)12-23(13-22)38-15-18(2)34-16-38/h3-16H,1-2H3,(H,35,39)(H,33,36,37)/i1D3,2D3,3D,4D,5D,6D,8D,10D,11D,12D,13D,14D. The summed E-state index contributed by atoms with van der Waals surface area (Å²) in [5.41, 5.74) is -8.36. The molecule has 1 amide bonds. The molecule has 3 aromatic heterocycles. The first-order valence-corrected chi connectivity index (χ1v) is 10.5. The predicted molar refractivity (Wildman–Crippen MR) is 141 cm³/mol. The van der Waals surface area contributed by atoms with Crippen LogP contribution in [0.5, 0.6) is 0 Å². The van der Waals surface area contributed by atoms with E-state index in [0.717, 1.165) is 12.4 Å². The van der Waals surface area contributed by atoms with Gasteiger partial charge in [-0.25, -0.2) is 15.0 Å². The second-order valence-corrected chi connectivity index (χ2v) is 7.44. The van der Waals surface area contributed by atoms with Crippen molar-refractivity contribution in [2.75, 3.05) is 10.6 Å². The Kier molecular flexibility index (Phi) is 3.36. The summed E-state index contributed by atoms with van der Waals surface area (Å²) in [6.07, 6.45) is -4.28. The maximum atomic E-state index is 14.3. The van der Waals surface area contributed by atoms with E-state index in [-0.39, 0.29) is 11.3 Å². The van der Waals surface area contributed by atoms with E-state index in [9.17, 15) is 18.0 Å². The van der Waals surface area contributed by atoms with Gasteiger partial charge < -0.3 is 15.2 Å². The van der Waals surface area contributed by atoms with Crippen LogP contribution in [-0.4, -0.2) is 30.4 Å². The van der Waals surface area contributed by atoms with Crippen molar-refractivity contribution in [1.29, 1.82) is 0 Å². The van der Waals surface area contributed by atoms with Crippen LogP contribution in [0.4, 0.5) is 30.5 Å². The molecule has 0 aliphatic heterocycles. The summed E-state index contributed by atoms with van der Waals surface area (Å²) in [6.45, 7) is -6.13. The lowest BCUT2D eigenvalue weighted by molar-refractivity contribution is -0.137. The molecule has 2 N–H and O–H groups in total. The number of imidazole rings is 1. The number of carbonyl (C=O) groups excluding carboxylic acids is 1. The molecule has 5 aromatic rings. The van der Waals surface area contributed by atoms with Crippen LogP contribution in [0.3, 0.4) is 0 Å². The molecular weight excluding hydrogens is 507 g/mol. The molecule has 0 aliphatic carbocycles. The number of rotatable bonds is 6. The zero-order valence-electron chi connectivity index (χ0n) is 35.1. The Hall–Kier alpha value is -5.06. The van der Waals surface area contributed by atoms with Crippen molar-refractivity contribution < 1.29 is 39.9 Å². The van der Waals surface area contributed by atoms with Crippen molar-refractivity contribution in [2.24, 2.45) is 0 Å². The average Bonchev–Trinajstić information content (AvgIpc) is 3.54. The van der Waals surface area contributed by atoms with E-state index in [2.05, 4.69) is 25.3 Å². The van der Waals surface area contributed by atoms with Crippen LogP contribution >= 0.6 is 0 Å². The quantitative estimate of drug-likeness (QED) is 0.258. The van der Waals surface area contributed by atoms with E-state index in [0.29, 0.717) is 10.9 Å². The lowest BCUT2D eigenvalue weighted by Gasteiger charge is -2.14. The highest BCUT2D eigenvalue weighted by Crippen LogP contribution is 2.33. The third-order valence-electron chi connectivity index (χ3n) is 4.75. The van der Waals surface area contributed by atoms with Crippen LogP contribution in [0.1, 0.15) is 49.1 Å². The van der Waals surface area contributed by atoms with Gasteiger partial charge >= 0.3 is 6.18 Å². The minimum atomic E-state index is -5.45. The zero-order chi connectivity index (χ0) is 41.3. The molecule has 5 rings (SSSR count). The molecule has 0 bridgehead atoms. The van der Waals surface area contributed by atoms with Crippen LogP contribution in [-0.2, 0) is 6.18 Å². The molecule has 0 saturated heterocycles. The van der Waals surface area contributed by atoms with E-state index in [1.54, 1.807) is 0 Å². The SMILES string of the molecule is [2H]c1nc([2H])c(-c2ccnc(Nc3c([2H])c(C(=O)Nc4c([2H])c(-n5cnc(C([2H])([2H])[2H])c5)c([2H])c(C(F)(F)F)c4[2H])c([2H])c([2H])c3C([2H])([2H])[2H])n2)c([2H])c1[2H]. The molecule has 3 heterocycles. The van der Waals surface area contributed by atoms with Crippen LogP contribution in [0.2, 0.25) is 0 Å². The Balaban J connectivity index is 1.68. The Morgan fingerprint density at radius 1 is 1.10 bits per heavy atom. The number of aryl methyl sites for hydroxylation is 1. The van der Waals surface area contributed by atoms with E-state index >= 15 is 0 Å². The van der Waals surface area contributed by atoms with Crippen molar-refractivity contribution in [3.8, 4) is 16.9 Å². The summed E-state index contributed by atoms with van der Waals surface area (Å²) in [7, 11) is 0. The maximum Gasteiger partial charge on any atom is 0.416 e. The summed E-state index contributed by atoms with van der Waals surface area (Å²) in [5.74, 6) is -2.24. The third kappa shape index (κ3) is 5.93. The molecule has 196 valence electrons. The lowest BCUT2D eigenvalue weighted by Crippen LogP contribution is -2.14. The first-order chi connectivity index (χ1) is 25.3. The van der Waals surface area contributed by atoms with Gasteiger partial charge in [-0.15, -0.1) is 0 Å². The Morgan fingerprint density at radius 3 is 2.79 bits per heavy atom. The van der Waals surface area contributed by atoms with E-state index < -0.39 is 132 Å². The van der Waals surface area contributed by atoms with Gasteiger partial charge in [0, 0.05) is 61.2 Å². The molecule has 0 spiro atoms. The highest BCUT2D eigenvalue weighted by atomic mass is 19.4. The molecule has 0 fully saturated rings. The van der Waals surface area contributed by atoms with Gasteiger partial charge in [0.15, 0.2) is 0 Å². The van der Waals surface area contributed by atoms with E-state index in [4.69, 9.17) is 21.9 Å². The fourth-order valence-corrected chi connectivity index (χ4v) is 3.05. The second-order valence-electron chi connectivity index (χ2n) is 7.44. The summed E-state index contributed by atoms with van der Waals surface area (Å²) >= 11 is 0. The van der Waals surface area contributed by atoms with Gasteiger partial charge in [-0.1, -0.05) is 6.04 Å². The number of hydrogen-bond donors (Lipinski definition) is 2. The molecule has 0 saturated carbocycles. The number of benzene rings is 2. The molecule has 39 heavy (non-hydrogen) atoms. The number of anilines is 3. The van der Waals surface area contributed by atoms with E-state index in [1.165, 1.54) is 6.07 Å². The van der Waals surface area contributed by atoms with Gasteiger partial charge in [-0.05, 0) is 67.6 Å². The normalized spacial score (nSPS) is 17.8. The number of aromatic nitrogens is 5. The van der Waals surface area contributed by atoms with Crippen LogP contribution < -0.4 is 10.6 Å². The molecule has 0 aliphatic rings. The van der Waals surface area contributed by atoms with Gasteiger partial charge in [-0.2, -0.15) is 13.2 Å². The third-order valence-corrected chi connectivity index (χ3v) is 4.75. The van der Waals surface area contributed by atoms with Crippen molar-refractivity contribution in [1.82, 2.24) is 24.5 Å². The fourth-order valence-electron chi connectivity index (χ4n) is 3.05. The monoisotopic (exact) mass is 545 g/mol.